The van der Waals surface area contributed by atoms with E-state index in [1.54, 1.807) is 6.07 Å². The maximum atomic E-state index is 13.5. The van der Waals surface area contributed by atoms with E-state index >= 15 is 0 Å². The number of hydrogen-bond donors (Lipinski definition) is 2. The Morgan fingerprint density at radius 2 is 2.00 bits per heavy atom. The van der Waals surface area contributed by atoms with E-state index in [0.29, 0.717) is 0 Å². The van der Waals surface area contributed by atoms with E-state index in [4.69, 9.17) is 10.4 Å². The summed E-state index contributed by atoms with van der Waals surface area (Å²) >= 11 is 0. The van der Waals surface area contributed by atoms with Crippen molar-refractivity contribution in [1.82, 2.24) is 0 Å². The summed E-state index contributed by atoms with van der Waals surface area (Å²) in [6, 6.07) is 5.41. The molecule has 0 aromatic heterocycles. The minimum atomic E-state index is -1.09. The molecule has 0 bridgehead atoms. The SMILES string of the molecule is CC(C(=O)O)C(C)C(=O)Nc1ccc(C#N)cc1F. The predicted octanol–water partition coefficient (Wildman–Crippen LogP) is 1.99. The fourth-order valence-electron chi connectivity index (χ4n) is 1.37. The lowest BCUT2D eigenvalue weighted by atomic mass is 9.95. The molecular formula is C13H13FN2O3. The first-order valence-electron chi connectivity index (χ1n) is 5.60. The molecule has 0 aliphatic carbocycles. The minimum Gasteiger partial charge on any atom is -0.481 e. The summed E-state index contributed by atoms with van der Waals surface area (Å²) in [5, 5.41) is 19.7. The number of benzene rings is 1. The van der Waals surface area contributed by atoms with Crippen LogP contribution in [0.25, 0.3) is 0 Å². The first kappa shape index (κ1) is 14.6. The highest BCUT2D eigenvalue weighted by Crippen LogP contribution is 2.18. The van der Waals surface area contributed by atoms with Crippen LogP contribution in [0, 0.1) is 29.0 Å². The minimum absolute atomic E-state index is 0.0755. The summed E-state index contributed by atoms with van der Waals surface area (Å²) in [5.74, 6) is -4.09. The van der Waals surface area contributed by atoms with Crippen molar-refractivity contribution in [2.45, 2.75) is 13.8 Å². The lowest BCUT2D eigenvalue weighted by Crippen LogP contribution is -2.30. The van der Waals surface area contributed by atoms with Gasteiger partial charge in [-0.15, -0.1) is 0 Å². The highest BCUT2D eigenvalue weighted by molar-refractivity contribution is 5.94. The number of nitriles is 1. The van der Waals surface area contributed by atoms with Crippen molar-refractivity contribution in [2.24, 2.45) is 11.8 Å². The van der Waals surface area contributed by atoms with Crippen LogP contribution in [0.5, 0.6) is 0 Å². The Balaban J connectivity index is 2.83. The fraction of sp³-hybridized carbons (Fsp3) is 0.308. The summed E-state index contributed by atoms with van der Waals surface area (Å²) in [6.07, 6.45) is 0. The highest BCUT2D eigenvalue weighted by Gasteiger charge is 2.26. The maximum Gasteiger partial charge on any atom is 0.307 e. The molecule has 0 saturated heterocycles. The van der Waals surface area contributed by atoms with Gasteiger partial charge in [0.2, 0.25) is 5.91 Å². The van der Waals surface area contributed by atoms with E-state index in [2.05, 4.69) is 5.32 Å². The summed E-state index contributed by atoms with van der Waals surface area (Å²) in [6.45, 7) is 2.86. The zero-order valence-electron chi connectivity index (χ0n) is 10.5. The molecule has 1 aromatic rings. The van der Waals surface area contributed by atoms with Crippen molar-refractivity contribution < 1.29 is 19.1 Å². The van der Waals surface area contributed by atoms with Crippen LogP contribution in [0.15, 0.2) is 18.2 Å². The second kappa shape index (κ2) is 5.96. The number of anilines is 1. The van der Waals surface area contributed by atoms with Gasteiger partial charge in [-0.25, -0.2) is 4.39 Å². The van der Waals surface area contributed by atoms with Crippen molar-refractivity contribution in [3.8, 4) is 6.07 Å². The number of carboxylic acid groups (broad SMARTS) is 1. The Morgan fingerprint density at radius 3 is 2.47 bits per heavy atom. The number of halogens is 1. The number of carbonyl (C=O) groups is 2. The Morgan fingerprint density at radius 1 is 1.37 bits per heavy atom. The molecule has 1 amide bonds. The number of amides is 1. The molecule has 0 heterocycles. The van der Waals surface area contributed by atoms with Crippen LogP contribution in [0.2, 0.25) is 0 Å². The lowest BCUT2D eigenvalue weighted by Gasteiger charge is -2.16. The number of nitrogens with zero attached hydrogens (tertiary/aromatic N) is 1. The Bertz CT molecular complexity index is 551. The van der Waals surface area contributed by atoms with Crippen LogP contribution in [0.3, 0.4) is 0 Å². The molecule has 1 rings (SSSR count). The van der Waals surface area contributed by atoms with E-state index in [1.165, 1.54) is 26.0 Å². The molecule has 1 aromatic carbocycles. The van der Waals surface area contributed by atoms with Gasteiger partial charge in [0.05, 0.1) is 23.2 Å². The van der Waals surface area contributed by atoms with Gasteiger partial charge in [-0.1, -0.05) is 13.8 Å². The molecule has 5 nitrogen and oxygen atoms in total. The van der Waals surface area contributed by atoms with Gasteiger partial charge in [-0.2, -0.15) is 5.26 Å². The molecule has 0 radical (unpaired) electrons. The largest absolute Gasteiger partial charge is 0.481 e. The van der Waals surface area contributed by atoms with Gasteiger partial charge in [-0.05, 0) is 18.2 Å². The van der Waals surface area contributed by atoms with Gasteiger partial charge < -0.3 is 10.4 Å². The van der Waals surface area contributed by atoms with Gasteiger partial charge in [0, 0.05) is 5.92 Å². The zero-order valence-corrected chi connectivity index (χ0v) is 10.5. The summed E-state index contributed by atoms with van der Waals surface area (Å²) in [7, 11) is 0. The monoisotopic (exact) mass is 264 g/mol. The second-order valence-electron chi connectivity index (χ2n) is 4.21. The third kappa shape index (κ3) is 3.52. The first-order chi connectivity index (χ1) is 8.86. The molecule has 100 valence electrons. The molecule has 19 heavy (non-hydrogen) atoms. The molecule has 2 N–H and O–H groups in total. The summed E-state index contributed by atoms with van der Waals surface area (Å²) in [5.41, 5.74) is 0.0656. The third-order valence-electron chi connectivity index (χ3n) is 2.91. The van der Waals surface area contributed by atoms with Crippen LogP contribution >= 0.6 is 0 Å². The molecule has 0 aliphatic rings. The van der Waals surface area contributed by atoms with E-state index in [0.717, 1.165) is 6.07 Å². The van der Waals surface area contributed by atoms with Crippen LogP contribution in [0.1, 0.15) is 19.4 Å². The van der Waals surface area contributed by atoms with Crippen LogP contribution < -0.4 is 5.32 Å². The molecule has 0 spiro atoms. The van der Waals surface area contributed by atoms with E-state index in [1.807, 2.05) is 0 Å². The van der Waals surface area contributed by atoms with Crippen molar-refractivity contribution in [3.63, 3.8) is 0 Å². The van der Waals surface area contributed by atoms with E-state index in [9.17, 15) is 14.0 Å². The predicted molar refractivity (Wildman–Crippen MR) is 65.7 cm³/mol. The van der Waals surface area contributed by atoms with Gasteiger partial charge in [0.15, 0.2) is 0 Å². The van der Waals surface area contributed by atoms with Gasteiger partial charge in [0.1, 0.15) is 5.82 Å². The number of hydrogen-bond acceptors (Lipinski definition) is 3. The standard InChI is InChI=1S/C13H13FN2O3/c1-7(8(2)13(18)19)12(17)16-11-4-3-9(6-15)5-10(11)14/h3-5,7-8H,1-2H3,(H,16,17)(H,18,19). The topological polar surface area (TPSA) is 90.2 Å². The molecule has 0 fully saturated rings. The van der Waals surface area contributed by atoms with E-state index in [-0.39, 0.29) is 11.3 Å². The van der Waals surface area contributed by atoms with Gasteiger partial charge in [-0.3, -0.25) is 9.59 Å². The molecule has 6 heteroatoms. The van der Waals surface area contributed by atoms with Crippen molar-refractivity contribution >= 4 is 17.6 Å². The normalized spacial score (nSPS) is 13.2. The van der Waals surface area contributed by atoms with Crippen molar-refractivity contribution in [3.05, 3.63) is 29.6 Å². The van der Waals surface area contributed by atoms with Gasteiger partial charge in [0.25, 0.3) is 0 Å². The maximum absolute atomic E-state index is 13.5. The summed E-state index contributed by atoms with van der Waals surface area (Å²) in [4.78, 5) is 22.5. The van der Waals surface area contributed by atoms with Gasteiger partial charge >= 0.3 is 5.97 Å². The molecular weight excluding hydrogens is 251 g/mol. The number of carboxylic acids is 1. The van der Waals surface area contributed by atoms with Crippen molar-refractivity contribution in [1.29, 1.82) is 5.26 Å². The van der Waals surface area contributed by atoms with E-state index < -0.39 is 29.5 Å². The number of aliphatic carboxylic acids is 1. The van der Waals surface area contributed by atoms with Crippen molar-refractivity contribution in [2.75, 3.05) is 5.32 Å². The smallest absolute Gasteiger partial charge is 0.307 e. The highest BCUT2D eigenvalue weighted by atomic mass is 19.1. The van der Waals surface area contributed by atoms with Crippen LogP contribution in [-0.2, 0) is 9.59 Å². The number of rotatable bonds is 4. The molecule has 2 atom stereocenters. The third-order valence-corrected chi connectivity index (χ3v) is 2.91. The zero-order chi connectivity index (χ0) is 14.6. The quantitative estimate of drug-likeness (QED) is 0.870. The molecule has 2 unspecified atom stereocenters. The van der Waals surface area contributed by atoms with Crippen LogP contribution in [0.4, 0.5) is 10.1 Å². The average Bonchev–Trinajstić information content (AvgIpc) is 2.38. The molecule has 0 saturated carbocycles. The summed E-state index contributed by atoms with van der Waals surface area (Å²) < 4.78 is 13.5. The number of nitrogens with one attached hydrogen (secondary N) is 1. The fourth-order valence-corrected chi connectivity index (χ4v) is 1.37. The Labute approximate surface area is 109 Å². The molecule has 0 aliphatic heterocycles. The Kier molecular flexibility index (Phi) is 4.59. The Hall–Kier alpha value is -2.42. The second-order valence-corrected chi connectivity index (χ2v) is 4.21. The van der Waals surface area contributed by atoms with Crippen LogP contribution in [-0.4, -0.2) is 17.0 Å². The number of carbonyl (C=O) groups excluding carboxylic acids is 1. The average molecular weight is 264 g/mol. The first-order valence-corrected chi connectivity index (χ1v) is 5.60. The lowest BCUT2D eigenvalue weighted by molar-refractivity contribution is -0.145.